The van der Waals surface area contributed by atoms with Crippen LogP contribution in [0.25, 0.3) is 10.9 Å². The quantitative estimate of drug-likeness (QED) is 0.428. The third kappa shape index (κ3) is 4.55. The van der Waals surface area contributed by atoms with E-state index in [9.17, 15) is 14.3 Å². The van der Waals surface area contributed by atoms with Crippen molar-refractivity contribution < 1.29 is 19.1 Å². The van der Waals surface area contributed by atoms with Gasteiger partial charge in [0.25, 0.3) is 5.91 Å². The van der Waals surface area contributed by atoms with Gasteiger partial charge in [0.2, 0.25) is 0 Å². The number of para-hydroxylation sites is 1. The lowest BCUT2D eigenvalue weighted by Crippen LogP contribution is -2.43. The van der Waals surface area contributed by atoms with Gasteiger partial charge in [-0.1, -0.05) is 23.4 Å². The second-order valence-corrected chi connectivity index (χ2v) is 7.82. The highest BCUT2D eigenvalue weighted by Gasteiger charge is 2.29. The number of aromatic hydroxyl groups is 1. The maximum atomic E-state index is 13.9. The maximum absolute atomic E-state index is 13.9. The predicted octanol–water partition coefficient (Wildman–Crippen LogP) is 3.16. The molecule has 2 aliphatic rings. The first-order valence-corrected chi connectivity index (χ1v) is 10.5. The van der Waals surface area contributed by atoms with Gasteiger partial charge in [0.05, 0.1) is 11.3 Å². The van der Waals surface area contributed by atoms with E-state index in [1.54, 1.807) is 6.07 Å². The highest BCUT2D eigenvalue weighted by atomic mass is 35.5. The Hall–Kier alpha value is -3.43. The Balaban J connectivity index is 0.00000259. The molecule has 2 aliphatic heterocycles. The molecule has 1 saturated heterocycles. The highest BCUT2D eigenvalue weighted by Crippen LogP contribution is 2.35. The number of oxime groups is 1. The summed E-state index contributed by atoms with van der Waals surface area (Å²) in [5.41, 5.74) is 2.96. The largest absolute Gasteiger partial charge is 0.494 e. The molecule has 3 heterocycles. The van der Waals surface area contributed by atoms with Gasteiger partial charge in [-0.15, -0.1) is 12.4 Å². The lowest BCUT2D eigenvalue weighted by molar-refractivity contribution is -0.126. The van der Waals surface area contributed by atoms with E-state index < -0.39 is 5.82 Å². The number of aliphatic imine (C=N–C) groups is 1. The van der Waals surface area contributed by atoms with Crippen LogP contribution in [0.5, 0.6) is 5.88 Å². The summed E-state index contributed by atoms with van der Waals surface area (Å²) in [5, 5.41) is 21.4. The molecule has 33 heavy (non-hydrogen) atoms. The van der Waals surface area contributed by atoms with E-state index in [-0.39, 0.29) is 36.8 Å². The van der Waals surface area contributed by atoms with Gasteiger partial charge in [-0.3, -0.25) is 4.79 Å². The molecule has 1 amide bonds. The number of nitrogens with zero attached hydrogens (tertiary/aromatic N) is 2. The summed E-state index contributed by atoms with van der Waals surface area (Å²) >= 11 is 0. The fourth-order valence-electron chi connectivity index (χ4n) is 4.12. The van der Waals surface area contributed by atoms with Crippen LogP contribution in [0.4, 0.5) is 10.1 Å². The third-order valence-electron chi connectivity index (χ3n) is 5.65. The van der Waals surface area contributed by atoms with Gasteiger partial charge in [-0.2, -0.15) is 0 Å². The molecule has 4 N–H and O–H groups in total. The molecule has 172 valence electrons. The SMILES string of the molecule is Cl.O=C(CO/N=C1/C(c2c(O)[nH]c3ccc(F)cc23)=Nc2ccccc21)NC1CCNCC1. The van der Waals surface area contributed by atoms with Crippen molar-refractivity contribution in [3.05, 3.63) is 59.4 Å². The van der Waals surface area contributed by atoms with Crippen LogP contribution in [0.3, 0.4) is 0 Å². The average molecular weight is 472 g/mol. The number of piperidine rings is 1. The number of amides is 1. The minimum Gasteiger partial charge on any atom is -0.494 e. The molecule has 5 rings (SSSR count). The standard InChI is InChI=1S/C23H22FN5O3.ClH/c24-13-5-6-18-16(11-13)20(23(31)28-18)22-21(15-3-1-2-4-17(15)27-22)29-32-12-19(30)26-14-7-9-25-10-8-14;/h1-6,11,14,25,28,31H,7-10,12H2,(H,26,30);1H/b29-21+;. The minimum atomic E-state index is -0.432. The number of hydrogen-bond donors (Lipinski definition) is 4. The van der Waals surface area contributed by atoms with Crippen molar-refractivity contribution in [3.63, 3.8) is 0 Å². The number of nitrogens with one attached hydrogen (secondary N) is 3. The van der Waals surface area contributed by atoms with E-state index in [1.165, 1.54) is 12.1 Å². The number of H-pyrrole nitrogens is 1. The fourth-order valence-corrected chi connectivity index (χ4v) is 4.12. The normalized spacial score (nSPS) is 16.9. The van der Waals surface area contributed by atoms with Gasteiger partial charge in [0, 0.05) is 22.5 Å². The van der Waals surface area contributed by atoms with Crippen molar-refractivity contribution in [1.29, 1.82) is 0 Å². The summed E-state index contributed by atoms with van der Waals surface area (Å²) < 4.78 is 13.9. The van der Waals surface area contributed by atoms with Gasteiger partial charge in [-0.25, -0.2) is 9.38 Å². The van der Waals surface area contributed by atoms with Crippen molar-refractivity contribution in [2.24, 2.45) is 10.1 Å². The number of carbonyl (C=O) groups is 1. The van der Waals surface area contributed by atoms with Crippen LogP contribution in [-0.4, -0.2) is 53.2 Å². The van der Waals surface area contributed by atoms with Crippen molar-refractivity contribution >= 4 is 46.3 Å². The molecule has 0 spiro atoms. The molecular formula is C23H23ClFN5O3. The molecule has 3 aromatic rings. The van der Waals surface area contributed by atoms with E-state index >= 15 is 0 Å². The summed E-state index contributed by atoms with van der Waals surface area (Å²) in [4.78, 5) is 25.1. The summed E-state index contributed by atoms with van der Waals surface area (Å²) in [6, 6.07) is 11.6. The molecule has 0 saturated carbocycles. The van der Waals surface area contributed by atoms with Gasteiger partial charge in [0.1, 0.15) is 17.2 Å². The van der Waals surface area contributed by atoms with Gasteiger partial charge in [-0.05, 0) is 50.2 Å². The molecule has 10 heteroatoms. The molecule has 8 nitrogen and oxygen atoms in total. The zero-order valence-corrected chi connectivity index (χ0v) is 18.4. The smallest absolute Gasteiger partial charge is 0.260 e. The van der Waals surface area contributed by atoms with Crippen molar-refractivity contribution in [2.45, 2.75) is 18.9 Å². The van der Waals surface area contributed by atoms with Crippen LogP contribution >= 0.6 is 12.4 Å². The van der Waals surface area contributed by atoms with E-state index in [1.807, 2.05) is 24.3 Å². The van der Waals surface area contributed by atoms with Gasteiger partial charge >= 0.3 is 0 Å². The zero-order chi connectivity index (χ0) is 22.1. The summed E-state index contributed by atoms with van der Waals surface area (Å²) in [6.07, 6.45) is 1.75. The topological polar surface area (TPSA) is 111 Å². The summed E-state index contributed by atoms with van der Waals surface area (Å²) in [6.45, 7) is 1.51. The molecule has 0 unspecified atom stereocenters. The number of aromatic amines is 1. The minimum absolute atomic E-state index is 0. The monoisotopic (exact) mass is 471 g/mol. The number of rotatable bonds is 5. The maximum Gasteiger partial charge on any atom is 0.260 e. The molecule has 2 aromatic carbocycles. The number of fused-ring (bicyclic) bond motifs is 2. The Morgan fingerprint density at radius 3 is 2.85 bits per heavy atom. The predicted molar refractivity (Wildman–Crippen MR) is 126 cm³/mol. The molecule has 0 atom stereocenters. The van der Waals surface area contributed by atoms with Crippen LogP contribution in [0.2, 0.25) is 0 Å². The van der Waals surface area contributed by atoms with E-state index in [4.69, 9.17) is 4.84 Å². The van der Waals surface area contributed by atoms with Crippen LogP contribution in [0.1, 0.15) is 24.0 Å². The molecule has 1 fully saturated rings. The van der Waals surface area contributed by atoms with Crippen molar-refractivity contribution in [1.82, 2.24) is 15.6 Å². The van der Waals surface area contributed by atoms with Crippen LogP contribution in [0.15, 0.2) is 52.6 Å². The Morgan fingerprint density at radius 1 is 1.24 bits per heavy atom. The summed E-state index contributed by atoms with van der Waals surface area (Å²) in [5.74, 6) is -0.824. The number of aromatic nitrogens is 1. The summed E-state index contributed by atoms with van der Waals surface area (Å²) in [7, 11) is 0. The Morgan fingerprint density at radius 2 is 2.03 bits per heavy atom. The van der Waals surface area contributed by atoms with Gasteiger partial charge in [0.15, 0.2) is 12.5 Å². The molecule has 0 aliphatic carbocycles. The Bertz CT molecular complexity index is 1250. The Labute approximate surface area is 195 Å². The van der Waals surface area contributed by atoms with Crippen LogP contribution in [-0.2, 0) is 9.63 Å². The van der Waals surface area contributed by atoms with Gasteiger partial charge < -0.3 is 25.6 Å². The lowest BCUT2D eigenvalue weighted by atomic mass is 10.0. The first-order valence-electron chi connectivity index (χ1n) is 10.5. The first kappa shape index (κ1) is 22.8. The second kappa shape index (κ2) is 9.60. The van der Waals surface area contributed by atoms with E-state index in [2.05, 4.69) is 25.8 Å². The molecule has 0 bridgehead atoms. The van der Waals surface area contributed by atoms with Crippen molar-refractivity contribution in [3.8, 4) is 5.88 Å². The molecule has 1 aromatic heterocycles. The zero-order valence-electron chi connectivity index (χ0n) is 17.6. The van der Waals surface area contributed by atoms with Crippen LogP contribution in [0, 0.1) is 5.82 Å². The molecular weight excluding hydrogens is 449 g/mol. The molecule has 0 radical (unpaired) electrons. The van der Waals surface area contributed by atoms with E-state index in [0.717, 1.165) is 25.9 Å². The Kier molecular flexibility index (Phi) is 6.62. The van der Waals surface area contributed by atoms with E-state index in [0.29, 0.717) is 39.1 Å². The average Bonchev–Trinajstić information content (AvgIpc) is 3.30. The second-order valence-electron chi connectivity index (χ2n) is 7.82. The highest BCUT2D eigenvalue weighted by molar-refractivity contribution is 6.58. The number of hydrogen-bond acceptors (Lipinski definition) is 6. The lowest BCUT2D eigenvalue weighted by Gasteiger charge is -2.23. The number of halogens is 2. The third-order valence-corrected chi connectivity index (χ3v) is 5.65. The van der Waals surface area contributed by atoms with Crippen molar-refractivity contribution in [2.75, 3.05) is 19.7 Å². The van der Waals surface area contributed by atoms with Crippen LogP contribution < -0.4 is 10.6 Å². The number of benzene rings is 2. The number of carbonyl (C=O) groups excluding carboxylic acids is 1. The fraction of sp³-hybridized carbons (Fsp3) is 0.261. The first-order chi connectivity index (χ1) is 15.6.